The molecule has 0 saturated carbocycles. The van der Waals surface area contributed by atoms with Crippen LogP contribution in [0.25, 0.3) is 0 Å². The minimum absolute atomic E-state index is 0.0667. The molecule has 1 atom stereocenters. The molecule has 0 bridgehead atoms. The molecule has 1 amide bonds. The van der Waals surface area contributed by atoms with Crippen molar-refractivity contribution in [2.45, 2.75) is 25.9 Å². The van der Waals surface area contributed by atoms with Crippen LogP contribution in [0.4, 0.5) is 10.1 Å². The highest BCUT2D eigenvalue weighted by Crippen LogP contribution is 2.35. The van der Waals surface area contributed by atoms with Gasteiger partial charge in [-0.3, -0.25) is 4.79 Å². The third kappa shape index (κ3) is 3.12. The van der Waals surface area contributed by atoms with E-state index in [4.69, 9.17) is 4.74 Å². The predicted octanol–water partition coefficient (Wildman–Crippen LogP) is 2.94. The van der Waals surface area contributed by atoms with Crippen LogP contribution < -0.4 is 15.0 Å². The molecule has 2 aromatic carbocycles. The van der Waals surface area contributed by atoms with E-state index in [1.807, 2.05) is 19.1 Å². The quantitative estimate of drug-likeness (QED) is 0.868. The molecule has 2 aliphatic rings. The summed E-state index contributed by atoms with van der Waals surface area (Å²) in [5, 5.41) is 3.38. The van der Waals surface area contributed by atoms with Crippen LogP contribution in [-0.2, 0) is 12.8 Å². The molecule has 25 heavy (non-hydrogen) atoms. The average molecular weight is 340 g/mol. The summed E-state index contributed by atoms with van der Waals surface area (Å²) in [6.45, 7) is 4.24. The van der Waals surface area contributed by atoms with Crippen molar-refractivity contribution in [3.8, 4) is 5.75 Å². The normalized spacial score (nSPS) is 19.4. The number of rotatable bonds is 1. The number of hydrogen-bond donors (Lipinski definition) is 1. The number of hydrogen-bond acceptors (Lipinski definition) is 3. The number of fused-ring (bicyclic) bond motifs is 2. The molecule has 2 heterocycles. The standard InChI is InChI=1S/C20H21FN2O2/c1-13-12-23(18-5-4-17(21)11-19(18)25-13)20(24)16-3-2-14-6-8-22-9-7-15(14)10-16/h2-5,10-11,13,22H,6-9,12H2,1H3. The van der Waals surface area contributed by atoms with Crippen LogP contribution in [0.1, 0.15) is 28.4 Å². The van der Waals surface area contributed by atoms with Crippen molar-refractivity contribution in [2.24, 2.45) is 0 Å². The summed E-state index contributed by atoms with van der Waals surface area (Å²) in [5.41, 5.74) is 3.84. The van der Waals surface area contributed by atoms with E-state index in [0.717, 1.165) is 25.9 Å². The van der Waals surface area contributed by atoms with Crippen molar-refractivity contribution >= 4 is 11.6 Å². The van der Waals surface area contributed by atoms with Gasteiger partial charge in [-0.05, 0) is 68.2 Å². The molecule has 130 valence electrons. The van der Waals surface area contributed by atoms with Crippen LogP contribution in [0.5, 0.6) is 5.75 Å². The molecule has 5 heteroatoms. The molecule has 0 fully saturated rings. The Balaban J connectivity index is 1.68. The molecule has 0 aliphatic carbocycles. The predicted molar refractivity (Wildman–Crippen MR) is 94.9 cm³/mol. The summed E-state index contributed by atoms with van der Waals surface area (Å²) in [6, 6.07) is 10.3. The first-order valence-corrected chi connectivity index (χ1v) is 8.72. The zero-order chi connectivity index (χ0) is 17.4. The number of ether oxygens (including phenoxy) is 1. The average Bonchev–Trinajstić information content (AvgIpc) is 2.84. The second-order valence-electron chi connectivity index (χ2n) is 6.69. The fraction of sp³-hybridized carbons (Fsp3) is 0.350. The van der Waals surface area contributed by atoms with Crippen molar-refractivity contribution in [1.82, 2.24) is 5.32 Å². The van der Waals surface area contributed by atoms with E-state index >= 15 is 0 Å². The second kappa shape index (κ2) is 6.48. The monoisotopic (exact) mass is 340 g/mol. The molecule has 4 rings (SSSR count). The Morgan fingerprint density at radius 3 is 2.80 bits per heavy atom. The lowest BCUT2D eigenvalue weighted by Gasteiger charge is -2.33. The van der Waals surface area contributed by atoms with Crippen molar-refractivity contribution < 1.29 is 13.9 Å². The topological polar surface area (TPSA) is 41.6 Å². The summed E-state index contributed by atoms with van der Waals surface area (Å²) in [6.07, 6.45) is 1.74. The van der Waals surface area contributed by atoms with E-state index in [-0.39, 0.29) is 17.8 Å². The minimum Gasteiger partial charge on any atom is -0.487 e. The van der Waals surface area contributed by atoms with Gasteiger partial charge in [0.2, 0.25) is 0 Å². The first-order chi connectivity index (χ1) is 12.1. The third-order valence-electron chi connectivity index (χ3n) is 4.82. The van der Waals surface area contributed by atoms with Gasteiger partial charge in [0.1, 0.15) is 17.7 Å². The fourth-order valence-corrected chi connectivity index (χ4v) is 3.57. The maximum Gasteiger partial charge on any atom is 0.258 e. The van der Waals surface area contributed by atoms with Crippen LogP contribution >= 0.6 is 0 Å². The van der Waals surface area contributed by atoms with E-state index in [9.17, 15) is 9.18 Å². The fourth-order valence-electron chi connectivity index (χ4n) is 3.57. The molecule has 1 N–H and O–H groups in total. The Kier molecular flexibility index (Phi) is 4.17. The van der Waals surface area contributed by atoms with Crippen molar-refractivity contribution in [3.63, 3.8) is 0 Å². The number of carbonyl (C=O) groups is 1. The lowest BCUT2D eigenvalue weighted by Crippen LogP contribution is -2.42. The summed E-state index contributed by atoms with van der Waals surface area (Å²) < 4.78 is 19.2. The van der Waals surface area contributed by atoms with E-state index in [1.165, 1.54) is 23.3 Å². The molecule has 0 aromatic heterocycles. The number of benzene rings is 2. The molecule has 1 unspecified atom stereocenters. The Bertz CT molecular complexity index is 821. The summed E-state index contributed by atoms with van der Waals surface area (Å²) in [7, 11) is 0. The van der Waals surface area contributed by atoms with Gasteiger partial charge in [-0.25, -0.2) is 4.39 Å². The second-order valence-corrected chi connectivity index (χ2v) is 6.69. The van der Waals surface area contributed by atoms with Crippen LogP contribution in [0.2, 0.25) is 0 Å². The van der Waals surface area contributed by atoms with E-state index in [2.05, 4.69) is 11.4 Å². The molecule has 2 aliphatic heterocycles. The highest BCUT2D eigenvalue weighted by Gasteiger charge is 2.29. The van der Waals surface area contributed by atoms with Crippen LogP contribution in [0.15, 0.2) is 36.4 Å². The first kappa shape index (κ1) is 16.1. The maximum absolute atomic E-state index is 13.5. The van der Waals surface area contributed by atoms with Crippen molar-refractivity contribution in [1.29, 1.82) is 0 Å². The molecule has 0 spiro atoms. The Labute approximate surface area is 146 Å². The summed E-state index contributed by atoms with van der Waals surface area (Å²) >= 11 is 0. The van der Waals surface area contributed by atoms with Gasteiger partial charge in [0.25, 0.3) is 5.91 Å². The van der Waals surface area contributed by atoms with Gasteiger partial charge in [-0.1, -0.05) is 6.07 Å². The zero-order valence-corrected chi connectivity index (χ0v) is 14.2. The van der Waals surface area contributed by atoms with Crippen LogP contribution in [0, 0.1) is 5.82 Å². The molecular formula is C20H21FN2O2. The van der Waals surface area contributed by atoms with Gasteiger partial charge in [-0.15, -0.1) is 0 Å². The van der Waals surface area contributed by atoms with Gasteiger partial charge in [-0.2, -0.15) is 0 Å². The van der Waals surface area contributed by atoms with Crippen molar-refractivity contribution in [2.75, 3.05) is 24.5 Å². The van der Waals surface area contributed by atoms with Gasteiger partial charge in [0.05, 0.1) is 12.2 Å². The Morgan fingerprint density at radius 1 is 1.16 bits per heavy atom. The Morgan fingerprint density at radius 2 is 1.96 bits per heavy atom. The lowest BCUT2D eigenvalue weighted by atomic mass is 9.99. The smallest absolute Gasteiger partial charge is 0.258 e. The molecule has 0 saturated heterocycles. The molecule has 2 aromatic rings. The van der Waals surface area contributed by atoms with Gasteiger partial charge in [0, 0.05) is 11.6 Å². The highest BCUT2D eigenvalue weighted by atomic mass is 19.1. The SMILES string of the molecule is CC1CN(C(=O)c2ccc3c(c2)CCNCC3)c2ccc(F)cc2O1. The number of nitrogens with zero attached hydrogens (tertiary/aromatic N) is 1. The van der Waals surface area contributed by atoms with E-state index in [0.29, 0.717) is 23.5 Å². The molecule has 4 nitrogen and oxygen atoms in total. The van der Waals surface area contributed by atoms with E-state index in [1.54, 1.807) is 11.0 Å². The third-order valence-corrected chi connectivity index (χ3v) is 4.82. The first-order valence-electron chi connectivity index (χ1n) is 8.72. The lowest BCUT2D eigenvalue weighted by molar-refractivity contribution is 0.0960. The van der Waals surface area contributed by atoms with Crippen LogP contribution in [0.3, 0.4) is 0 Å². The van der Waals surface area contributed by atoms with E-state index < -0.39 is 0 Å². The minimum atomic E-state index is -0.363. The zero-order valence-electron chi connectivity index (χ0n) is 14.2. The molecule has 0 radical (unpaired) electrons. The number of anilines is 1. The van der Waals surface area contributed by atoms with Crippen molar-refractivity contribution in [3.05, 3.63) is 58.9 Å². The highest BCUT2D eigenvalue weighted by molar-refractivity contribution is 6.07. The summed E-state index contributed by atoms with van der Waals surface area (Å²) in [4.78, 5) is 14.8. The number of nitrogens with one attached hydrogen (secondary N) is 1. The van der Waals surface area contributed by atoms with Gasteiger partial charge >= 0.3 is 0 Å². The maximum atomic E-state index is 13.5. The largest absolute Gasteiger partial charge is 0.487 e. The Hall–Kier alpha value is -2.40. The van der Waals surface area contributed by atoms with Gasteiger partial charge in [0.15, 0.2) is 0 Å². The number of halogens is 1. The number of carbonyl (C=O) groups excluding carboxylic acids is 1. The van der Waals surface area contributed by atoms with Gasteiger partial charge < -0.3 is 15.0 Å². The van der Waals surface area contributed by atoms with Crippen LogP contribution in [-0.4, -0.2) is 31.6 Å². The number of amides is 1. The molecular weight excluding hydrogens is 319 g/mol. The summed E-state index contributed by atoms with van der Waals surface area (Å²) in [5.74, 6) is -0.00754.